The average molecular weight is 288 g/mol. The molecule has 4 nitrogen and oxygen atoms in total. The van der Waals surface area contributed by atoms with E-state index in [0.717, 1.165) is 11.3 Å². The van der Waals surface area contributed by atoms with Crippen LogP contribution >= 0.6 is 11.6 Å². The Morgan fingerprint density at radius 1 is 1.25 bits per heavy atom. The van der Waals surface area contributed by atoms with Crippen LogP contribution in [0.2, 0.25) is 5.02 Å². The highest BCUT2D eigenvalue weighted by molar-refractivity contribution is 6.30. The maximum Gasteiger partial charge on any atom is 0.242 e. The van der Waals surface area contributed by atoms with Crippen LogP contribution < -0.4 is 10.1 Å². The normalized spacial score (nSPS) is 10.9. The molecule has 3 rings (SSSR count). The van der Waals surface area contributed by atoms with Crippen LogP contribution in [0.15, 0.2) is 48.7 Å². The van der Waals surface area contributed by atoms with Crippen molar-refractivity contribution in [3.05, 3.63) is 59.4 Å². The summed E-state index contributed by atoms with van der Waals surface area (Å²) in [6.45, 7) is 0.668. The van der Waals surface area contributed by atoms with E-state index >= 15 is 0 Å². The van der Waals surface area contributed by atoms with Gasteiger partial charge in [-0.1, -0.05) is 23.7 Å². The van der Waals surface area contributed by atoms with Crippen molar-refractivity contribution in [3.63, 3.8) is 0 Å². The lowest BCUT2D eigenvalue weighted by atomic mass is 10.3. The molecule has 0 atom stereocenters. The van der Waals surface area contributed by atoms with Crippen LogP contribution in [-0.4, -0.2) is 16.4 Å². The van der Waals surface area contributed by atoms with Gasteiger partial charge in [0.25, 0.3) is 0 Å². The number of hydrogen-bond donors (Lipinski definition) is 1. The van der Waals surface area contributed by atoms with Crippen LogP contribution in [0.3, 0.4) is 0 Å². The van der Waals surface area contributed by atoms with Gasteiger partial charge < -0.3 is 10.1 Å². The first-order chi connectivity index (χ1) is 9.78. The van der Waals surface area contributed by atoms with E-state index in [1.807, 2.05) is 54.0 Å². The number of benzene rings is 1. The van der Waals surface area contributed by atoms with Crippen molar-refractivity contribution < 1.29 is 4.74 Å². The number of nitrogens with one attached hydrogen (secondary N) is 1. The van der Waals surface area contributed by atoms with Gasteiger partial charge in [0, 0.05) is 17.8 Å². The Morgan fingerprint density at radius 3 is 2.95 bits per heavy atom. The predicted molar refractivity (Wildman–Crippen MR) is 79.5 cm³/mol. The molecule has 2 heterocycles. The van der Waals surface area contributed by atoms with E-state index in [1.165, 1.54) is 0 Å². The number of rotatable bonds is 4. The molecule has 20 heavy (non-hydrogen) atoms. The Bertz CT molecular complexity index is 739. The first-order valence-electron chi connectivity index (χ1n) is 6.32. The van der Waals surface area contributed by atoms with E-state index in [2.05, 4.69) is 10.3 Å². The Morgan fingerprint density at radius 2 is 2.15 bits per heavy atom. The molecule has 0 fully saturated rings. The van der Waals surface area contributed by atoms with E-state index < -0.39 is 0 Å². The summed E-state index contributed by atoms with van der Waals surface area (Å²) in [4.78, 5) is 4.51. The zero-order chi connectivity index (χ0) is 13.9. The van der Waals surface area contributed by atoms with E-state index in [1.54, 1.807) is 6.07 Å². The number of pyridine rings is 1. The Kier molecular flexibility index (Phi) is 3.58. The van der Waals surface area contributed by atoms with Crippen molar-refractivity contribution in [1.82, 2.24) is 14.7 Å². The molecule has 1 N–H and O–H groups in total. The van der Waals surface area contributed by atoms with Crippen molar-refractivity contribution in [3.8, 4) is 11.6 Å². The fourth-order valence-corrected chi connectivity index (χ4v) is 2.26. The SMILES string of the molecule is CNCc1c(Oc2cccc(Cl)c2)nc2ccccn12. The monoisotopic (exact) mass is 287 g/mol. The number of ether oxygens (including phenoxy) is 1. The molecule has 0 aliphatic carbocycles. The first kappa shape index (κ1) is 13.0. The third-order valence-electron chi connectivity index (χ3n) is 2.95. The average Bonchev–Trinajstić information content (AvgIpc) is 2.77. The van der Waals surface area contributed by atoms with E-state index in [9.17, 15) is 0 Å². The maximum atomic E-state index is 5.97. The van der Waals surface area contributed by atoms with Gasteiger partial charge in [-0.25, -0.2) is 0 Å². The van der Waals surface area contributed by atoms with Gasteiger partial charge in [0.15, 0.2) is 0 Å². The van der Waals surface area contributed by atoms with Gasteiger partial charge in [0.05, 0.1) is 0 Å². The van der Waals surface area contributed by atoms with Crippen molar-refractivity contribution in [2.75, 3.05) is 7.05 Å². The van der Waals surface area contributed by atoms with Crippen LogP contribution in [0.25, 0.3) is 5.65 Å². The van der Waals surface area contributed by atoms with Crippen LogP contribution in [0.5, 0.6) is 11.6 Å². The van der Waals surface area contributed by atoms with Gasteiger partial charge in [-0.3, -0.25) is 4.40 Å². The molecule has 0 saturated carbocycles. The molecule has 0 amide bonds. The number of fused-ring (bicyclic) bond motifs is 1. The molecular formula is C15H14ClN3O. The molecule has 1 aromatic carbocycles. The summed E-state index contributed by atoms with van der Waals surface area (Å²) in [5, 5.41) is 3.77. The van der Waals surface area contributed by atoms with E-state index in [-0.39, 0.29) is 0 Å². The van der Waals surface area contributed by atoms with Gasteiger partial charge >= 0.3 is 0 Å². The van der Waals surface area contributed by atoms with Crippen molar-refractivity contribution in [2.24, 2.45) is 0 Å². The molecule has 0 saturated heterocycles. The smallest absolute Gasteiger partial charge is 0.242 e. The highest BCUT2D eigenvalue weighted by Crippen LogP contribution is 2.27. The molecule has 0 spiro atoms. The Hall–Kier alpha value is -2.04. The summed E-state index contributed by atoms with van der Waals surface area (Å²) in [5.41, 5.74) is 1.83. The molecule has 0 unspecified atom stereocenters. The lowest BCUT2D eigenvalue weighted by Gasteiger charge is -2.06. The zero-order valence-electron chi connectivity index (χ0n) is 11.0. The minimum atomic E-state index is 0.591. The van der Waals surface area contributed by atoms with Crippen LogP contribution in [-0.2, 0) is 6.54 Å². The van der Waals surface area contributed by atoms with Gasteiger partial charge in [-0.05, 0) is 37.4 Å². The lowest BCUT2D eigenvalue weighted by molar-refractivity contribution is 0.457. The molecular weight excluding hydrogens is 274 g/mol. The molecule has 0 aliphatic rings. The third-order valence-corrected chi connectivity index (χ3v) is 3.18. The minimum absolute atomic E-state index is 0.591. The van der Waals surface area contributed by atoms with E-state index in [4.69, 9.17) is 16.3 Å². The fraction of sp³-hybridized carbons (Fsp3) is 0.133. The third kappa shape index (κ3) is 2.48. The molecule has 5 heteroatoms. The molecule has 0 aliphatic heterocycles. The van der Waals surface area contributed by atoms with Crippen molar-refractivity contribution >= 4 is 17.2 Å². The molecule has 2 aromatic heterocycles. The number of hydrogen-bond acceptors (Lipinski definition) is 3. The van der Waals surface area contributed by atoms with Gasteiger partial charge in [0.2, 0.25) is 5.88 Å². The predicted octanol–water partition coefficient (Wildman–Crippen LogP) is 3.50. The highest BCUT2D eigenvalue weighted by Gasteiger charge is 2.13. The second-order valence-electron chi connectivity index (χ2n) is 4.38. The molecule has 3 aromatic rings. The topological polar surface area (TPSA) is 38.6 Å². The summed E-state index contributed by atoms with van der Waals surface area (Å²) in [5.74, 6) is 1.27. The molecule has 0 bridgehead atoms. The lowest BCUT2D eigenvalue weighted by Crippen LogP contribution is -2.08. The summed E-state index contributed by atoms with van der Waals surface area (Å²) >= 11 is 5.97. The summed E-state index contributed by atoms with van der Waals surface area (Å²) in [7, 11) is 1.89. The molecule has 102 valence electrons. The number of halogens is 1. The Labute approximate surface area is 122 Å². The van der Waals surface area contributed by atoms with Crippen molar-refractivity contribution in [2.45, 2.75) is 6.54 Å². The second-order valence-corrected chi connectivity index (χ2v) is 4.82. The van der Waals surface area contributed by atoms with Crippen molar-refractivity contribution in [1.29, 1.82) is 0 Å². The number of nitrogens with zero attached hydrogens (tertiary/aromatic N) is 2. The van der Waals surface area contributed by atoms with Crippen LogP contribution in [0.4, 0.5) is 0 Å². The summed E-state index contributed by atoms with van der Waals surface area (Å²) < 4.78 is 7.88. The van der Waals surface area contributed by atoms with E-state index in [0.29, 0.717) is 23.2 Å². The fourth-order valence-electron chi connectivity index (χ4n) is 2.08. The number of imidazole rings is 1. The van der Waals surface area contributed by atoms with Gasteiger partial charge in [-0.15, -0.1) is 0 Å². The quantitative estimate of drug-likeness (QED) is 0.798. The molecule has 0 radical (unpaired) electrons. The highest BCUT2D eigenvalue weighted by atomic mass is 35.5. The van der Waals surface area contributed by atoms with Gasteiger partial charge in [0.1, 0.15) is 17.1 Å². The minimum Gasteiger partial charge on any atom is -0.437 e. The second kappa shape index (κ2) is 5.53. The maximum absolute atomic E-state index is 5.97. The number of aromatic nitrogens is 2. The zero-order valence-corrected chi connectivity index (χ0v) is 11.8. The summed E-state index contributed by atoms with van der Waals surface area (Å²) in [6, 6.07) is 13.2. The van der Waals surface area contributed by atoms with Crippen LogP contribution in [0, 0.1) is 0 Å². The largest absolute Gasteiger partial charge is 0.437 e. The Balaban J connectivity index is 2.04. The summed E-state index contributed by atoms with van der Waals surface area (Å²) in [6.07, 6.45) is 1.97. The van der Waals surface area contributed by atoms with Crippen LogP contribution in [0.1, 0.15) is 5.69 Å². The first-order valence-corrected chi connectivity index (χ1v) is 6.69. The standard InChI is InChI=1S/C15H14ClN3O/c1-17-10-13-15(18-14-7-2-3-8-19(13)14)20-12-6-4-5-11(16)9-12/h2-9,17H,10H2,1H3. The van der Waals surface area contributed by atoms with Gasteiger partial charge in [-0.2, -0.15) is 4.98 Å².